The van der Waals surface area contributed by atoms with E-state index in [1.54, 1.807) is 6.07 Å². The number of benzene rings is 2. The summed E-state index contributed by atoms with van der Waals surface area (Å²) in [5.74, 6) is -1.46. The molecule has 2 aromatic rings. The molecule has 2 rings (SSSR count). The zero-order chi connectivity index (χ0) is 15.6. The summed E-state index contributed by atoms with van der Waals surface area (Å²) in [6, 6.07) is 9.11. The van der Waals surface area contributed by atoms with Crippen LogP contribution in [0.4, 0.5) is 8.78 Å². The average molecular weight is 332 g/mol. The van der Waals surface area contributed by atoms with Crippen LogP contribution in [0.2, 0.25) is 5.02 Å². The predicted molar refractivity (Wildman–Crippen MR) is 76.5 cm³/mol. The normalized spacial score (nSPS) is 11.9. The van der Waals surface area contributed by atoms with Gasteiger partial charge in [-0.05, 0) is 24.3 Å². The second-order valence-electron chi connectivity index (χ2n) is 4.43. The Kier molecular flexibility index (Phi) is 4.61. The maximum Gasteiger partial charge on any atom is 0.246 e. The first-order chi connectivity index (χ1) is 9.82. The van der Waals surface area contributed by atoms with Gasteiger partial charge >= 0.3 is 0 Å². The average Bonchev–Trinajstić information content (AvgIpc) is 2.40. The lowest BCUT2D eigenvalue weighted by molar-refractivity contribution is 0.451. The van der Waals surface area contributed by atoms with E-state index in [-0.39, 0.29) is 17.1 Å². The minimum absolute atomic E-state index is 0.100. The molecule has 0 aliphatic rings. The number of sulfonamides is 1. The summed E-state index contributed by atoms with van der Waals surface area (Å²) < 4.78 is 52.8. The van der Waals surface area contributed by atoms with Gasteiger partial charge in [0, 0.05) is 24.2 Å². The Morgan fingerprint density at radius 2 is 1.76 bits per heavy atom. The lowest BCUT2D eigenvalue weighted by Gasteiger charge is -2.18. The number of hydrogen-bond acceptors (Lipinski definition) is 2. The zero-order valence-electron chi connectivity index (χ0n) is 11.1. The zero-order valence-corrected chi connectivity index (χ0v) is 12.6. The van der Waals surface area contributed by atoms with Crippen molar-refractivity contribution in [3.63, 3.8) is 0 Å². The van der Waals surface area contributed by atoms with E-state index < -0.39 is 26.6 Å². The van der Waals surface area contributed by atoms with E-state index in [0.717, 1.165) is 16.4 Å². The molecule has 3 nitrogen and oxygen atoms in total. The van der Waals surface area contributed by atoms with Crippen LogP contribution < -0.4 is 0 Å². The lowest BCUT2D eigenvalue weighted by atomic mass is 10.2. The summed E-state index contributed by atoms with van der Waals surface area (Å²) in [7, 11) is -2.81. The van der Waals surface area contributed by atoms with Gasteiger partial charge in [0.2, 0.25) is 10.0 Å². The fraction of sp³-hybridized carbons (Fsp3) is 0.143. The highest BCUT2D eigenvalue weighted by Crippen LogP contribution is 2.23. The highest BCUT2D eigenvalue weighted by atomic mass is 35.5. The van der Waals surface area contributed by atoms with E-state index in [4.69, 9.17) is 11.6 Å². The molecule has 2 aromatic carbocycles. The van der Waals surface area contributed by atoms with Gasteiger partial charge in [-0.3, -0.25) is 0 Å². The van der Waals surface area contributed by atoms with Gasteiger partial charge in [0.05, 0.1) is 0 Å². The van der Waals surface area contributed by atoms with Crippen LogP contribution in [0.15, 0.2) is 47.4 Å². The van der Waals surface area contributed by atoms with Crippen LogP contribution in [0.5, 0.6) is 0 Å². The van der Waals surface area contributed by atoms with E-state index in [2.05, 4.69) is 0 Å². The maximum atomic E-state index is 13.8. The largest absolute Gasteiger partial charge is 0.246 e. The van der Waals surface area contributed by atoms with Gasteiger partial charge < -0.3 is 0 Å². The van der Waals surface area contributed by atoms with Crippen molar-refractivity contribution in [2.45, 2.75) is 11.4 Å². The van der Waals surface area contributed by atoms with Crippen molar-refractivity contribution in [1.82, 2.24) is 4.31 Å². The second kappa shape index (κ2) is 6.09. The molecule has 7 heteroatoms. The van der Waals surface area contributed by atoms with E-state index >= 15 is 0 Å². The van der Waals surface area contributed by atoms with Crippen LogP contribution in [-0.2, 0) is 16.6 Å². The molecular formula is C14H12ClF2NO2S. The number of hydrogen-bond donors (Lipinski definition) is 0. The van der Waals surface area contributed by atoms with Gasteiger partial charge in [0.15, 0.2) is 0 Å². The summed E-state index contributed by atoms with van der Waals surface area (Å²) in [6.07, 6.45) is 0. The predicted octanol–water partition coefficient (Wildman–Crippen LogP) is 3.44. The molecule has 0 saturated heterocycles. The Balaban J connectivity index is 2.33. The first kappa shape index (κ1) is 15.9. The summed E-state index contributed by atoms with van der Waals surface area (Å²) >= 11 is 5.60. The second-order valence-corrected chi connectivity index (χ2v) is 6.88. The van der Waals surface area contributed by atoms with Crippen molar-refractivity contribution in [2.75, 3.05) is 7.05 Å². The molecule has 0 radical (unpaired) electrons. The molecule has 0 aliphatic heterocycles. The van der Waals surface area contributed by atoms with Crippen LogP contribution in [0.3, 0.4) is 0 Å². The van der Waals surface area contributed by atoms with Crippen LogP contribution >= 0.6 is 11.6 Å². The van der Waals surface area contributed by atoms with Crippen molar-refractivity contribution in [3.05, 3.63) is 64.7 Å². The fourth-order valence-corrected chi connectivity index (χ4v) is 3.15. The van der Waals surface area contributed by atoms with Crippen LogP contribution in [-0.4, -0.2) is 19.8 Å². The summed E-state index contributed by atoms with van der Waals surface area (Å²) in [6.45, 7) is -0.197. The van der Waals surface area contributed by atoms with E-state index in [1.807, 2.05) is 0 Å². The van der Waals surface area contributed by atoms with Gasteiger partial charge in [-0.2, -0.15) is 4.31 Å². The van der Waals surface area contributed by atoms with Crippen molar-refractivity contribution in [1.29, 1.82) is 0 Å². The standard InChI is InChI=1S/C14H12ClF2NO2S/c1-18(9-10-4-2-3-5-12(10)16)21(19,20)14-7-6-11(15)8-13(14)17/h2-8H,9H2,1H3. The fourth-order valence-electron chi connectivity index (χ4n) is 1.80. The SMILES string of the molecule is CN(Cc1ccccc1F)S(=O)(=O)c1ccc(Cl)cc1F. The third-order valence-corrected chi connectivity index (χ3v) is 5.00. The Morgan fingerprint density at radius 3 is 2.38 bits per heavy atom. The first-order valence-electron chi connectivity index (χ1n) is 5.97. The smallest absolute Gasteiger partial charge is 0.207 e. The molecule has 0 bridgehead atoms. The maximum absolute atomic E-state index is 13.8. The van der Waals surface area contributed by atoms with Crippen LogP contribution in [0, 0.1) is 11.6 Å². The molecule has 112 valence electrons. The van der Waals surface area contributed by atoms with Gasteiger partial charge in [-0.25, -0.2) is 17.2 Å². The third kappa shape index (κ3) is 3.40. The molecular weight excluding hydrogens is 320 g/mol. The minimum Gasteiger partial charge on any atom is -0.207 e. The Labute approximate surface area is 126 Å². The number of rotatable bonds is 4. The molecule has 0 amide bonds. The highest BCUT2D eigenvalue weighted by molar-refractivity contribution is 7.89. The molecule has 0 aliphatic carbocycles. The molecule has 21 heavy (non-hydrogen) atoms. The van der Waals surface area contributed by atoms with Crippen molar-refractivity contribution in [2.24, 2.45) is 0 Å². The minimum atomic E-state index is -4.07. The summed E-state index contributed by atoms with van der Waals surface area (Å²) in [5, 5.41) is 0.100. The topological polar surface area (TPSA) is 37.4 Å². The molecule has 0 heterocycles. The van der Waals surface area contributed by atoms with Crippen LogP contribution in [0.1, 0.15) is 5.56 Å². The van der Waals surface area contributed by atoms with Gasteiger partial charge in [0.1, 0.15) is 16.5 Å². The Hall–Kier alpha value is -1.50. The summed E-state index contributed by atoms with van der Waals surface area (Å²) in [4.78, 5) is -0.495. The Bertz CT molecular complexity index is 765. The summed E-state index contributed by atoms with van der Waals surface area (Å²) in [5.41, 5.74) is 0.206. The first-order valence-corrected chi connectivity index (χ1v) is 7.79. The van der Waals surface area contributed by atoms with Gasteiger partial charge in [-0.15, -0.1) is 0 Å². The molecule has 0 saturated carbocycles. The van der Waals surface area contributed by atoms with E-state index in [0.29, 0.717) is 0 Å². The quantitative estimate of drug-likeness (QED) is 0.860. The lowest BCUT2D eigenvalue weighted by Crippen LogP contribution is -2.27. The third-order valence-electron chi connectivity index (χ3n) is 2.93. The van der Waals surface area contributed by atoms with Gasteiger partial charge in [-0.1, -0.05) is 29.8 Å². The highest BCUT2D eigenvalue weighted by Gasteiger charge is 2.25. The molecule has 0 N–H and O–H groups in total. The van der Waals surface area contributed by atoms with E-state index in [1.165, 1.54) is 31.3 Å². The monoisotopic (exact) mass is 331 g/mol. The van der Waals surface area contributed by atoms with E-state index in [9.17, 15) is 17.2 Å². The van der Waals surface area contributed by atoms with Crippen LogP contribution in [0.25, 0.3) is 0 Å². The Morgan fingerprint density at radius 1 is 1.10 bits per heavy atom. The van der Waals surface area contributed by atoms with Crippen molar-refractivity contribution in [3.8, 4) is 0 Å². The van der Waals surface area contributed by atoms with Crippen molar-refractivity contribution >= 4 is 21.6 Å². The number of halogens is 3. The molecule has 0 atom stereocenters. The van der Waals surface area contributed by atoms with Gasteiger partial charge in [0.25, 0.3) is 0 Å². The molecule has 0 unspecified atom stereocenters. The molecule has 0 spiro atoms. The molecule has 0 fully saturated rings. The molecule has 0 aromatic heterocycles. The number of nitrogens with zero attached hydrogens (tertiary/aromatic N) is 1. The van der Waals surface area contributed by atoms with Crippen molar-refractivity contribution < 1.29 is 17.2 Å².